The molecular weight excluding hydrogens is 322 g/mol. The molecule has 0 aliphatic rings. The first-order chi connectivity index (χ1) is 12.2. The monoisotopic (exact) mass is 343 g/mol. The number of aromatic nitrogens is 5. The van der Waals surface area contributed by atoms with E-state index in [4.69, 9.17) is 4.74 Å². The summed E-state index contributed by atoms with van der Waals surface area (Å²) >= 11 is 0. The van der Waals surface area contributed by atoms with Crippen molar-refractivity contribution in [2.24, 2.45) is 0 Å². The number of hydrogen-bond donors (Lipinski definition) is 2. The minimum absolute atomic E-state index is 0.273. The molecule has 2 N–H and O–H groups in total. The second kappa shape index (κ2) is 7.75. The third kappa shape index (κ3) is 4.13. The molecule has 2 amide bonds. The van der Waals surface area contributed by atoms with Crippen LogP contribution in [0.3, 0.4) is 0 Å². The third-order valence-corrected chi connectivity index (χ3v) is 3.74. The fourth-order valence-electron chi connectivity index (χ4n) is 2.45. The molecule has 9 heteroatoms. The van der Waals surface area contributed by atoms with Crippen LogP contribution in [-0.2, 0) is 17.8 Å². The van der Waals surface area contributed by atoms with Crippen molar-refractivity contribution >= 4 is 11.7 Å². The molecule has 0 aromatic carbocycles. The second-order valence-corrected chi connectivity index (χ2v) is 5.64. The van der Waals surface area contributed by atoms with Crippen molar-refractivity contribution in [1.29, 1.82) is 0 Å². The summed E-state index contributed by atoms with van der Waals surface area (Å²) in [6, 6.07) is 5.11. The molecule has 0 radical (unpaired) electrons. The van der Waals surface area contributed by atoms with Crippen LogP contribution in [0.5, 0.6) is 0 Å². The number of nitrogens with one attached hydrogen (secondary N) is 2. The number of pyridine rings is 1. The fourth-order valence-corrected chi connectivity index (χ4v) is 2.45. The standard InChI is InChI=1S/C16H21N7O2/c1-12(15-21-20-14-5-3-4-6-23(14)15)19-16(24)17-9-13-10-18-22(11-13)7-8-25-2/h3-6,10-12H,7-9H2,1-2H3,(H2,17,19,24)/t12-/m0/s1. The van der Waals surface area contributed by atoms with Crippen LogP contribution >= 0.6 is 0 Å². The van der Waals surface area contributed by atoms with Gasteiger partial charge in [0.1, 0.15) is 0 Å². The van der Waals surface area contributed by atoms with Crippen molar-refractivity contribution in [3.8, 4) is 0 Å². The van der Waals surface area contributed by atoms with Crippen LogP contribution in [0.25, 0.3) is 5.65 Å². The summed E-state index contributed by atoms with van der Waals surface area (Å²) in [7, 11) is 1.65. The lowest BCUT2D eigenvalue weighted by molar-refractivity contribution is 0.183. The van der Waals surface area contributed by atoms with Crippen molar-refractivity contribution in [3.05, 3.63) is 48.2 Å². The molecule has 0 aliphatic heterocycles. The van der Waals surface area contributed by atoms with Crippen LogP contribution in [0.1, 0.15) is 24.4 Å². The summed E-state index contributed by atoms with van der Waals surface area (Å²) in [6.45, 7) is 3.54. The molecule has 3 aromatic heterocycles. The topological polar surface area (TPSA) is 98.4 Å². The number of hydrogen-bond acceptors (Lipinski definition) is 5. The van der Waals surface area contributed by atoms with Crippen LogP contribution in [0, 0.1) is 0 Å². The number of amides is 2. The van der Waals surface area contributed by atoms with E-state index in [0.29, 0.717) is 25.5 Å². The Morgan fingerprint density at radius 3 is 3.08 bits per heavy atom. The zero-order valence-corrected chi connectivity index (χ0v) is 14.2. The van der Waals surface area contributed by atoms with E-state index in [1.54, 1.807) is 18.0 Å². The van der Waals surface area contributed by atoms with E-state index in [1.807, 2.05) is 41.9 Å². The molecule has 0 saturated heterocycles. The Labute approximate surface area is 145 Å². The maximum atomic E-state index is 12.1. The smallest absolute Gasteiger partial charge is 0.315 e. The van der Waals surface area contributed by atoms with Crippen molar-refractivity contribution in [2.45, 2.75) is 26.1 Å². The van der Waals surface area contributed by atoms with E-state index in [-0.39, 0.29) is 12.1 Å². The third-order valence-electron chi connectivity index (χ3n) is 3.74. The summed E-state index contributed by atoms with van der Waals surface area (Å²) in [4.78, 5) is 12.1. The Hall–Kier alpha value is -2.94. The van der Waals surface area contributed by atoms with Gasteiger partial charge in [-0.1, -0.05) is 6.07 Å². The average molecular weight is 343 g/mol. The molecule has 0 spiro atoms. The molecule has 0 bridgehead atoms. The molecule has 0 unspecified atom stereocenters. The van der Waals surface area contributed by atoms with Gasteiger partial charge in [0.15, 0.2) is 11.5 Å². The first-order valence-corrected chi connectivity index (χ1v) is 8.01. The first kappa shape index (κ1) is 16.9. The maximum Gasteiger partial charge on any atom is 0.315 e. The quantitative estimate of drug-likeness (QED) is 0.670. The van der Waals surface area contributed by atoms with Gasteiger partial charge in [-0.15, -0.1) is 10.2 Å². The second-order valence-electron chi connectivity index (χ2n) is 5.64. The maximum absolute atomic E-state index is 12.1. The minimum atomic E-state index is -0.276. The van der Waals surface area contributed by atoms with Crippen LogP contribution in [0.2, 0.25) is 0 Å². The zero-order chi connectivity index (χ0) is 17.6. The lowest BCUT2D eigenvalue weighted by atomic mass is 10.3. The van der Waals surface area contributed by atoms with Crippen LogP contribution in [0.15, 0.2) is 36.8 Å². The highest BCUT2D eigenvalue weighted by Gasteiger charge is 2.15. The minimum Gasteiger partial charge on any atom is -0.383 e. The molecule has 0 aliphatic carbocycles. The lowest BCUT2D eigenvalue weighted by Gasteiger charge is -2.13. The number of urea groups is 1. The summed E-state index contributed by atoms with van der Waals surface area (Å²) in [5, 5.41) is 18.1. The highest BCUT2D eigenvalue weighted by molar-refractivity contribution is 5.74. The predicted molar refractivity (Wildman–Crippen MR) is 90.9 cm³/mol. The van der Waals surface area contributed by atoms with Crippen molar-refractivity contribution < 1.29 is 9.53 Å². The molecule has 9 nitrogen and oxygen atoms in total. The molecule has 0 fully saturated rings. The molecule has 1 atom stereocenters. The number of carbonyl (C=O) groups excluding carboxylic acids is 1. The van der Waals surface area contributed by atoms with E-state index in [9.17, 15) is 4.79 Å². The first-order valence-electron chi connectivity index (χ1n) is 8.01. The molecule has 0 saturated carbocycles. The van der Waals surface area contributed by atoms with Gasteiger partial charge in [0.2, 0.25) is 0 Å². The van der Waals surface area contributed by atoms with Crippen LogP contribution in [-0.4, -0.2) is 44.1 Å². The Morgan fingerprint density at radius 2 is 2.24 bits per heavy atom. The van der Waals surface area contributed by atoms with Gasteiger partial charge in [0.25, 0.3) is 0 Å². The van der Waals surface area contributed by atoms with Gasteiger partial charge in [0.05, 0.1) is 25.4 Å². The number of ether oxygens (including phenoxy) is 1. The van der Waals surface area contributed by atoms with Gasteiger partial charge in [-0.2, -0.15) is 5.10 Å². The normalized spacial score (nSPS) is 12.2. The van der Waals surface area contributed by atoms with E-state index < -0.39 is 0 Å². The van der Waals surface area contributed by atoms with Crippen molar-refractivity contribution in [2.75, 3.05) is 13.7 Å². The summed E-state index contributed by atoms with van der Waals surface area (Å²) < 4.78 is 8.64. The van der Waals surface area contributed by atoms with Gasteiger partial charge in [-0.05, 0) is 19.1 Å². The summed E-state index contributed by atoms with van der Waals surface area (Å²) in [5.41, 5.74) is 1.67. The van der Waals surface area contributed by atoms with Crippen molar-refractivity contribution in [1.82, 2.24) is 35.0 Å². The zero-order valence-electron chi connectivity index (χ0n) is 14.2. The largest absolute Gasteiger partial charge is 0.383 e. The number of carbonyl (C=O) groups is 1. The van der Waals surface area contributed by atoms with Gasteiger partial charge in [-0.3, -0.25) is 9.08 Å². The Balaban J connectivity index is 1.53. The van der Waals surface area contributed by atoms with E-state index >= 15 is 0 Å². The number of nitrogens with zero attached hydrogens (tertiary/aromatic N) is 5. The summed E-state index contributed by atoms with van der Waals surface area (Å²) in [6.07, 6.45) is 5.48. The SMILES string of the molecule is COCCn1cc(CNC(=O)N[C@@H](C)c2nnc3ccccn23)cn1. The highest BCUT2D eigenvalue weighted by atomic mass is 16.5. The molecular formula is C16H21N7O2. The van der Waals surface area contributed by atoms with E-state index in [0.717, 1.165) is 11.2 Å². The highest BCUT2D eigenvalue weighted by Crippen LogP contribution is 2.11. The Kier molecular flexibility index (Phi) is 5.24. The van der Waals surface area contributed by atoms with Gasteiger partial charge < -0.3 is 15.4 Å². The van der Waals surface area contributed by atoms with Gasteiger partial charge >= 0.3 is 6.03 Å². The van der Waals surface area contributed by atoms with E-state index in [2.05, 4.69) is 25.9 Å². The van der Waals surface area contributed by atoms with Gasteiger partial charge in [-0.25, -0.2) is 4.79 Å². The van der Waals surface area contributed by atoms with E-state index in [1.165, 1.54) is 0 Å². The van der Waals surface area contributed by atoms with Crippen molar-refractivity contribution in [3.63, 3.8) is 0 Å². The Bertz CT molecular complexity index is 842. The Morgan fingerprint density at radius 1 is 1.36 bits per heavy atom. The van der Waals surface area contributed by atoms with Gasteiger partial charge in [0, 0.05) is 31.6 Å². The molecule has 25 heavy (non-hydrogen) atoms. The number of rotatable bonds is 7. The lowest BCUT2D eigenvalue weighted by Crippen LogP contribution is -2.37. The number of methoxy groups -OCH3 is 1. The van der Waals surface area contributed by atoms with Crippen LogP contribution in [0.4, 0.5) is 4.79 Å². The fraction of sp³-hybridized carbons (Fsp3) is 0.375. The predicted octanol–water partition coefficient (Wildman–Crippen LogP) is 1.13. The molecule has 3 rings (SSSR count). The molecule has 3 aromatic rings. The number of fused-ring (bicyclic) bond motifs is 1. The summed E-state index contributed by atoms with van der Waals surface area (Å²) in [5.74, 6) is 0.679. The molecule has 132 valence electrons. The van der Waals surface area contributed by atoms with Crippen LogP contribution < -0.4 is 10.6 Å². The molecule has 3 heterocycles. The average Bonchev–Trinajstić information content (AvgIpc) is 3.25.